The van der Waals surface area contributed by atoms with Crippen molar-refractivity contribution in [2.24, 2.45) is 40.9 Å². The molecule has 5 nitrogen and oxygen atoms in total. The molecule has 1 aromatic rings. The highest BCUT2D eigenvalue weighted by Gasteiger charge is 2.76. The molecule has 4 aliphatic carbocycles. The third-order valence-corrected chi connectivity index (χ3v) is 11.9. The van der Waals surface area contributed by atoms with Crippen molar-refractivity contribution in [3.05, 3.63) is 35.9 Å². The van der Waals surface area contributed by atoms with Crippen LogP contribution in [0.25, 0.3) is 0 Å². The maximum absolute atomic E-state index is 14.7. The molecule has 1 aromatic carbocycles. The quantitative estimate of drug-likeness (QED) is 0.236. The zero-order chi connectivity index (χ0) is 29.6. The topological polar surface area (TPSA) is 61.8 Å². The van der Waals surface area contributed by atoms with Crippen LogP contribution in [0.4, 0.5) is 0 Å². The largest absolute Gasteiger partial charge is 0.461 e. The first-order valence-electron chi connectivity index (χ1n) is 16.5. The maximum Gasteiger partial charge on any atom is 0.318 e. The molecule has 0 saturated heterocycles. The Labute approximate surface area is 248 Å². The van der Waals surface area contributed by atoms with Crippen LogP contribution in [0.5, 0.6) is 0 Å². The molecular weight excluding hydrogens is 512 g/mol. The molecule has 41 heavy (non-hydrogen) atoms. The van der Waals surface area contributed by atoms with Crippen molar-refractivity contribution in [3.8, 4) is 0 Å². The number of benzene rings is 1. The van der Waals surface area contributed by atoms with Crippen LogP contribution < -0.4 is 0 Å². The van der Waals surface area contributed by atoms with Gasteiger partial charge in [0.2, 0.25) is 0 Å². The molecule has 0 amide bonds. The van der Waals surface area contributed by atoms with Crippen molar-refractivity contribution in [3.63, 3.8) is 0 Å². The van der Waals surface area contributed by atoms with Crippen LogP contribution in [0.3, 0.4) is 0 Å². The fraction of sp³-hybridized carbons (Fsp3) is 0.778. The molecule has 228 valence electrons. The van der Waals surface area contributed by atoms with E-state index in [1.54, 1.807) is 7.11 Å². The first kappa shape index (κ1) is 30.7. The second-order valence-electron chi connectivity index (χ2n) is 15.0. The minimum atomic E-state index is -1.11. The molecule has 0 unspecified atom stereocenters. The fourth-order valence-corrected chi connectivity index (χ4v) is 9.20. The maximum atomic E-state index is 14.7. The molecule has 4 saturated carbocycles. The van der Waals surface area contributed by atoms with Gasteiger partial charge < -0.3 is 14.2 Å². The summed E-state index contributed by atoms with van der Waals surface area (Å²) in [7, 11) is 1.67. The number of rotatable bonds is 8. The van der Waals surface area contributed by atoms with Crippen LogP contribution in [0.1, 0.15) is 111 Å². The summed E-state index contributed by atoms with van der Waals surface area (Å²) in [4.78, 5) is 28.0. The smallest absolute Gasteiger partial charge is 0.318 e. The van der Waals surface area contributed by atoms with Gasteiger partial charge in [0.1, 0.15) is 17.3 Å². The number of esters is 1. The second-order valence-corrected chi connectivity index (χ2v) is 15.0. The lowest BCUT2D eigenvalue weighted by molar-refractivity contribution is -0.378. The molecule has 0 aromatic heterocycles. The number of Topliss-reactive ketones (excluding diaryl/α,β-unsaturated/α-hetero) is 1. The Morgan fingerprint density at radius 3 is 2.29 bits per heavy atom. The highest BCUT2D eigenvalue weighted by molar-refractivity contribution is 5.93. The Hall–Kier alpha value is -1.72. The summed E-state index contributed by atoms with van der Waals surface area (Å²) in [6, 6.07) is 10.6. The van der Waals surface area contributed by atoms with Crippen LogP contribution in [0.2, 0.25) is 0 Å². The van der Waals surface area contributed by atoms with Gasteiger partial charge in [-0.2, -0.15) is 0 Å². The predicted octanol–water partition coefficient (Wildman–Crippen LogP) is 7.89. The van der Waals surface area contributed by atoms with Crippen molar-refractivity contribution < 1.29 is 23.8 Å². The third-order valence-electron chi connectivity index (χ3n) is 11.9. The molecule has 0 bridgehead atoms. The number of carbonyl (C=O) groups is 2. The van der Waals surface area contributed by atoms with Crippen LogP contribution in [0.15, 0.2) is 30.3 Å². The SMILES string of the molecule is CO[C@@]1(O[C@@H]2C[C@H](C)CC[C@H]2C(C)C)C[C@@H]2C(=O)CCC[C@@]21C(=O)O[C@@H]1C[C@H](C)CC[C@H]1C(C)(C)c1ccccc1. The van der Waals surface area contributed by atoms with Crippen molar-refractivity contribution >= 4 is 11.8 Å². The zero-order valence-corrected chi connectivity index (χ0v) is 26.6. The number of carbonyl (C=O) groups excluding carboxylic acids is 2. The van der Waals surface area contributed by atoms with Gasteiger partial charge in [-0.1, -0.05) is 84.7 Å². The summed E-state index contributed by atoms with van der Waals surface area (Å²) in [5.74, 6) is 0.562. The van der Waals surface area contributed by atoms with E-state index in [2.05, 4.69) is 71.9 Å². The number of hydrogen-bond donors (Lipinski definition) is 0. The molecule has 9 atom stereocenters. The lowest BCUT2D eigenvalue weighted by Gasteiger charge is -2.63. The average Bonchev–Trinajstić information content (AvgIpc) is 2.92. The van der Waals surface area contributed by atoms with Crippen LogP contribution in [-0.2, 0) is 29.2 Å². The van der Waals surface area contributed by atoms with Gasteiger partial charge >= 0.3 is 5.97 Å². The highest BCUT2D eigenvalue weighted by atomic mass is 16.7. The van der Waals surface area contributed by atoms with Gasteiger partial charge in [0.15, 0.2) is 5.79 Å². The molecule has 0 spiro atoms. The Morgan fingerprint density at radius 2 is 1.63 bits per heavy atom. The number of ketones is 1. The Bertz CT molecular complexity index is 1080. The fourth-order valence-electron chi connectivity index (χ4n) is 9.20. The zero-order valence-electron chi connectivity index (χ0n) is 26.6. The normalized spacial score (nSPS) is 39.6. The van der Waals surface area contributed by atoms with Crippen LogP contribution >= 0.6 is 0 Å². The van der Waals surface area contributed by atoms with E-state index in [4.69, 9.17) is 14.2 Å². The van der Waals surface area contributed by atoms with E-state index in [1.165, 1.54) is 12.0 Å². The summed E-state index contributed by atoms with van der Waals surface area (Å²) < 4.78 is 20.0. The highest BCUT2D eigenvalue weighted by Crippen LogP contribution is 2.64. The van der Waals surface area contributed by atoms with E-state index in [-0.39, 0.29) is 41.2 Å². The van der Waals surface area contributed by atoms with E-state index >= 15 is 0 Å². The Balaban J connectivity index is 1.46. The first-order valence-corrected chi connectivity index (χ1v) is 16.5. The van der Waals surface area contributed by atoms with Gasteiger partial charge in [-0.15, -0.1) is 0 Å². The Kier molecular flexibility index (Phi) is 8.81. The van der Waals surface area contributed by atoms with Gasteiger partial charge in [-0.25, -0.2) is 0 Å². The van der Waals surface area contributed by atoms with E-state index in [9.17, 15) is 9.59 Å². The molecule has 0 aliphatic heterocycles. The molecule has 5 rings (SSSR count). The third kappa shape index (κ3) is 5.32. The van der Waals surface area contributed by atoms with Gasteiger partial charge in [0.05, 0.1) is 6.10 Å². The second kappa shape index (κ2) is 11.8. The average molecular weight is 567 g/mol. The van der Waals surface area contributed by atoms with Gasteiger partial charge in [-0.05, 0) is 73.2 Å². The monoisotopic (exact) mass is 566 g/mol. The minimum Gasteiger partial charge on any atom is -0.461 e. The summed E-state index contributed by atoms with van der Waals surface area (Å²) in [6.07, 6.45) is 8.32. The van der Waals surface area contributed by atoms with Gasteiger partial charge in [0.25, 0.3) is 0 Å². The minimum absolute atomic E-state index is 0.0146. The first-order chi connectivity index (χ1) is 19.4. The van der Waals surface area contributed by atoms with Crippen LogP contribution in [0, 0.1) is 40.9 Å². The van der Waals surface area contributed by atoms with Crippen molar-refractivity contribution in [1.82, 2.24) is 0 Å². The molecule has 4 fully saturated rings. The van der Waals surface area contributed by atoms with Crippen molar-refractivity contribution in [1.29, 1.82) is 0 Å². The standard InChI is InChI=1S/C36H54O5/c1-23(2)27-17-15-24(3)20-31(27)41-36(39-7)22-29-30(37)14-11-19-35(29,36)33(38)40-32-21-25(4)16-18-28(32)34(5,6)26-12-9-8-10-13-26/h8-10,12-13,23-25,27-29,31-32H,11,14-22H2,1-7H3/t24-,25-,27+,28-,29-,31-,32-,35+,36-/m1/s1. The number of methoxy groups -OCH3 is 1. The number of fused-ring (bicyclic) bond motifs is 1. The molecule has 0 heterocycles. The summed E-state index contributed by atoms with van der Waals surface area (Å²) in [6.45, 7) is 13.7. The number of ether oxygens (including phenoxy) is 3. The summed E-state index contributed by atoms with van der Waals surface area (Å²) in [5.41, 5.74) is 0.0542. The molecule has 0 radical (unpaired) electrons. The summed E-state index contributed by atoms with van der Waals surface area (Å²) in [5, 5.41) is 0. The lowest BCUT2D eigenvalue weighted by Crippen LogP contribution is -2.74. The molecule has 4 aliphatic rings. The predicted molar refractivity (Wildman–Crippen MR) is 161 cm³/mol. The van der Waals surface area contributed by atoms with Gasteiger partial charge in [0, 0.05) is 31.8 Å². The Morgan fingerprint density at radius 1 is 0.976 bits per heavy atom. The van der Waals surface area contributed by atoms with E-state index < -0.39 is 11.2 Å². The van der Waals surface area contributed by atoms with E-state index in [0.29, 0.717) is 49.4 Å². The molecule has 0 N–H and O–H groups in total. The lowest BCUT2D eigenvalue weighted by atomic mass is 9.48. The van der Waals surface area contributed by atoms with E-state index in [1.807, 2.05) is 0 Å². The van der Waals surface area contributed by atoms with E-state index in [0.717, 1.165) is 32.1 Å². The molecular formula is C36H54O5. The summed E-state index contributed by atoms with van der Waals surface area (Å²) >= 11 is 0. The molecule has 5 heteroatoms. The van der Waals surface area contributed by atoms with Crippen LogP contribution in [-0.4, -0.2) is 36.9 Å². The number of hydrogen-bond acceptors (Lipinski definition) is 5. The van der Waals surface area contributed by atoms with Crippen molar-refractivity contribution in [2.75, 3.05) is 7.11 Å². The van der Waals surface area contributed by atoms with Gasteiger partial charge in [-0.3, -0.25) is 9.59 Å². The van der Waals surface area contributed by atoms with Crippen molar-refractivity contribution in [2.45, 2.75) is 129 Å².